The Kier molecular flexibility index (Phi) is 5.72. The number of sulfonamides is 1. The molecule has 0 bridgehead atoms. The Bertz CT molecular complexity index is 976. The van der Waals surface area contributed by atoms with Crippen molar-refractivity contribution in [2.75, 3.05) is 12.9 Å². The Balaban J connectivity index is 1.39. The quantitative estimate of drug-likeness (QED) is 0.669. The zero-order chi connectivity index (χ0) is 22.6. The van der Waals surface area contributed by atoms with Crippen molar-refractivity contribution < 1.29 is 27.4 Å². The van der Waals surface area contributed by atoms with E-state index in [2.05, 4.69) is 14.7 Å². The standard InChI is InChI=1S/C20H29FN4O5S/c1-11-6-16(24-31(3,28)29)17(25(11)19(26)27)10-30-14-4-5-20(8-13(20)7-14)18-22-9-15(21)12(2)23-18/h9,11,13-14,16-17,24H,4-8,10H2,1-3H3,(H,26,27)/t11-,13?,14?,16+,17+,20?/m1/s1. The largest absolute Gasteiger partial charge is 0.465 e. The average Bonchev–Trinajstić information content (AvgIpc) is 3.32. The highest BCUT2D eigenvalue weighted by Gasteiger charge is 2.60. The molecule has 11 heteroatoms. The van der Waals surface area contributed by atoms with Crippen LogP contribution in [-0.2, 0) is 20.2 Å². The number of rotatable bonds is 6. The maximum absolute atomic E-state index is 13.5. The Morgan fingerprint density at radius 3 is 2.81 bits per heavy atom. The zero-order valence-corrected chi connectivity index (χ0v) is 18.7. The molecule has 31 heavy (non-hydrogen) atoms. The van der Waals surface area contributed by atoms with Crippen molar-refractivity contribution in [2.24, 2.45) is 5.92 Å². The number of halogens is 1. The number of nitrogens with one attached hydrogen (secondary N) is 1. The molecule has 6 atom stereocenters. The highest BCUT2D eigenvalue weighted by Crippen LogP contribution is 2.61. The van der Waals surface area contributed by atoms with E-state index in [0.29, 0.717) is 23.9 Å². The number of hydrogen-bond acceptors (Lipinski definition) is 6. The predicted molar refractivity (Wildman–Crippen MR) is 110 cm³/mol. The summed E-state index contributed by atoms with van der Waals surface area (Å²) in [5, 5.41) is 9.61. The minimum absolute atomic E-state index is 0.0346. The molecule has 9 nitrogen and oxygen atoms in total. The minimum atomic E-state index is -3.47. The van der Waals surface area contributed by atoms with Gasteiger partial charge < -0.3 is 9.84 Å². The van der Waals surface area contributed by atoms with Gasteiger partial charge in [0.05, 0.1) is 36.9 Å². The van der Waals surface area contributed by atoms with Gasteiger partial charge in [-0.15, -0.1) is 0 Å². The van der Waals surface area contributed by atoms with Crippen molar-refractivity contribution in [2.45, 2.75) is 75.6 Å². The first kappa shape index (κ1) is 22.3. The van der Waals surface area contributed by atoms with E-state index in [-0.39, 0.29) is 24.2 Å². The molecule has 1 saturated heterocycles. The van der Waals surface area contributed by atoms with Crippen molar-refractivity contribution >= 4 is 16.1 Å². The van der Waals surface area contributed by atoms with Crippen molar-refractivity contribution in [1.29, 1.82) is 0 Å². The first-order valence-electron chi connectivity index (χ1n) is 10.6. The Morgan fingerprint density at radius 1 is 1.45 bits per heavy atom. The number of carbonyl (C=O) groups is 1. The van der Waals surface area contributed by atoms with E-state index in [9.17, 15) is 22.7 Å². The summed E-state index contributed by atoms with van der Waals surface area (Å²) in [6.45, 7) is 3.55. The fraction of sp³-hybridized carbons (Fsp3) is 0.750. The van der Waals surface area contributed by atoms with Gasteiger partial charge in [0, 0.05) is 17.5 Å². The summed E-state index contributed by atoms with van der Waals surface area (Å²) in [5.74, 6) is 0.661. The summed E-state index contributed by atoms with van der Waals surface area (Å²) in [4.78, 5) is 21.6. The first-order valence-corrected chi connectivity index (χ1v) is 12.5. The molecule has 1 aliphatic heterocycles. The van der Waals surface area contributed by atoms with E-state index in [4.69, 9.17) is 4.74 Å². The molecular formula is C20H29FN4O5S. The number of aromatic nitrogens is 2. The second-order valence-corrected chi connectivity index (χ2v) is 11.0. The van der Waals surface area contributed by atoms with Crippen LogP contribution in [0.5, 0.6) is 0 Å². The molecule has 2 N–H and O–H groups in total. The second-order valence-electron chi connectivity index (χ2n) is 9.25. The Hall–Kier alpha value is -1.85. The summed E-state index contributed by atoms with van der Waals surface area (Å²) in [5.41, 5.74) is 0.255. The van der Waals surface area contributed by atoms with Gasteiger partial charge in [-0.3, -0.25) is 4.90 Å². The van der Waals surface area contributed by atoms with E-state index in [0.717, 1.165) is 31.9 Å². The summed E-state index contributed by atoms with van der Waals surface area (Å²) in [7, 11) is -3.47. The number of fused-ring (bicyclic) bond motifs is 1. The van der Waals surface area contributed by atoms with E-state index < -0.39 is 34.0 Å². The number of amides is 1. The lowest BCUT2D eigenvalue weighted by atomic mass is 9.86. The van der Waals surface area contributed by atoms with Gasteiger partial charge >= 0.3 is 6.09 Å². The maximum atomic E-state index is 13.5. The molecule has 3 fully saturated rings. The Labute approximate surface area is 181 Å². The van der Waals surface area contributed by atoms with Crippen LogP contribution >= 0.6 is 0 Å². The fourth-order valence-corrected chi connectivity index (χ4v) is 6.20. The molecule has 172 valence electrons. The topological polar surface area (TPSA) is 122 Å². The van der Waals surface area contributed by atoms with Gasteiger partial charge in [-0.25, -0.2) is 32.3 Å². The van der Waals surface area contributed by atoms with Crippen LogP contribution in [0.25, 0.3) is 0 Å². The van der Waals surface area contributed by atoms with Crippen LogP contribution in [0, 0.1) is 18.7 Å². The average molecular weight is 457 g/mol. The Morgan fingerprint density at radius 2 is 2.19 bits per heavy atom. The first-order chi connectivity index (χ1) is 14.5. The summed E-state index contributed by atoms with van der Waals surface area (Å²) >= 11 is 0. The normalized spacial score (nSPS) is 35.1. The highest BCUT2D eigenvalue weighted by atomic mass is 32.2. The van der Waals surface area contributed by atoms with Crippen LogP contribution in [-0.4, -0.2) is 71.6 Å². The molecule has 1 aromatic rings. The van der Waals surface area contributed by atoms with Crippen LogP contribution in [0.15, 0.2) is 6.20 Å². The molecule has 2 heterocycles. The number of nitrogens with zero attached hydrogens (tertiary/aromatic N) is 3. The molecule has 3 aliphatic rings. The van der Waals surface area contributed by atoms with Crippen LogP contribution < -0.4 is 4.72 Å². The van der Waals surface area contributed by atoms with E-state index in [1.54, 1.807) is 13.8 Å². The van der Waals surface area contributed by atoms with E-state index >= 15 is 0 Å². The van der Waals surface area contributed by atoms with Crippen molar-refractivity contribution in [3.63, 3.8) is 0 Å². The number of likely N-dealkylation sites (tertiary alicyclic amines) is 1. The molecule has 0 radical (unpaired) electrons. The molecule has 0 spiro atoms. The maximum Gasteiger partial charge on any atom is 0.407 e. The van der Waals surface area contributed by atoms with Crippen LogP contribution in [0.2, 0.25) is 0 Å². The van der Waals surface area contributed by atoms with Crippen molar-refractivity contribution in [3.05, 3.63) is 23.5 Å². The molecule has 2 aliphatic carbocycles. The third-order valence-electron chi connectivity index (χ3n) is 7.04. The third-order valence-corrected chi connectivity index (χ3v) is 7.77. The van der Waals surface area contributed by atoms with Crippen molar-refractivity contribution in [3.8, 4) is 0 Å². The molecule has 4 rings (SSSR count). The van der Waals surface area contributed by atoms with Gasteiger partial charge in [0.1, 0.15) is 5.82 Å². The van der Waals surface area contributed by atoms with E-state index in [1.807, 2.05) is 0 Å². The monoisotopic (exact) mass is 456 g/mol. The summed E-state index contributed by atoms with van der Waals surface area (Å²) in [6, 6.07) is -1.39. The number of aryl methyl sites for hydroxylation is 1. The number of carboxylic acid groups (broad SMARTS) is 1. The molecule has 1 aromatic heterocycles. The molecule has 2 saturated carbocycles. The lowest BCUT2D eigenvalue weighted by Crippen LogP contribution is -2.50. The zero-order valence-electron chi connectivity index (χ0n) is 17.9. The molecule has 1 amide bonds. The van der Waals surface area contributed by atoms with Gasteiger partial charge in [0.15, 0.2) is 5.82 Å². The minimum Gasteiger partial charge on any atom is -0.465 e. The van der Waals surface area contributed by atoms with Crippen LogP contribution in [0.3, 0.4) is 0 Å². The second kappa shape index (κ2) is 7.93. The number of hydrogen-bond donors (Lipinski definition) is 2. The summed E-state index contributed by atoms with van der Waals surface area (Å²) < 4.78 is 45.7. The van der Waals surface area contributed by atoms with Gasteiger partial charge in [-0.1, -0.05) is 0 Å². The van der Waals surface area contributed by atoms with Gasteiger partial charge in [-0.2, -0.15) is 0 Å². The molecular weight excluding hydrogens is 427 g/mol. The lowest BCUT2D eigenvalue weighted by molar-refractivity contribution is -0.00875. The third kappa shape index (κ3) is 4.40. The SMILES string of the molecule is Cc1nc(C23CCC(OC[C@H]4[C@@H](NS(C)(=O)=O)C[C@@H](C)N4C(=O)O)CC2C3)ncc1F. The van der Waals surface area contributed by atoms with Crippen molar-refractivity contribution in [1.82, 2.24) is 19.6 Å². The lowest BCUT2D eigenvalue weighted by Gasteiger charge is -2.32. The molecule has 3 unspecified atom stereocenters. The molecule has 0 aromatic carbocycles. The summed E-state index contributed by atoms with van der Waals surface area (Å²) in [6.07, 6.45) is 4.97. The van der Waals surface area contributed by atoms with Gasteiger partial charge in [-0.05, 0) is 51.9 Å². The van der Waals surface area contributed by atoms with Gasteiger partial charge in [0.25, 0.3) is 0 Å². The predicted octanol–water partition coefficient (Wildman–Crippen LogP) is 1.81. The number of ether oxygens (including phenoxy) is 1. The van der Waals surface area contributed by atoms with Crippen LogP contribution in [0.4, 0.5) is 9.18 Å². The smallest absolute Gasteiger partial charge is 0.407 e. The fourth-order valence-electron chi connectivity index (χ4n) is 5.40. The van der Waals surface area contributed by atoms with Crippen LogP contribution in [0.1, 0.15) is 50.5 Å². The van der Waals surface area contributed by atoms with E-state index in [1.165, 1.54) is 11.1 Å². The van der Waals surface area contributed by atoms with Gasteiger partial charge in [0.2, 0.25) is 10.0 Å². The highest BCUT2D eigenvalue weighted by molar-refractivity contribution is 7.88.